The Morgan fingerprint density at radius 2 is 1.83 bits per heavy atom. The van der Waals surface area contributed by atoms with E-state index in [1.165, 1.54) is 12.1 Å². The summed E-state index contributed by atoms with van der Waals surface area (Å²) in [5, 5.41) is 7.94. The molecule has 3 N–H and O–H groups in total. The first-order valence-electron chi connectivity index (χ1n) is 5.91. The normalized spacial score (nSPS) is 16.7. The number of nitrogens with two attached hydrogens (primary N) is 1. The van der Waals surface area contributed by atoms with Crippen molar-refractivity contribution in [1.82, 2.24) is 5.32 Å². The first kappa shape index (κ1) is 13.0. The predicted molar refractivity (Wildman–Crippen MR) is 67.5 cm³/mol. The van der Waals surface area contributed by atoms with Gasteiger partial charge in [-0.05, 0) is 25.0 Å². The van der Waals surface area contributed by atoms with Gasteiger partial charge in [-0.2, -0.15) is 0 Å². The highest BCUT2D eigenvalue weighted by Gasteiger charge is 2.22. The number of primary sulfonamides is 1. The summed E-state index contributed by atoms with van der Waals surface area (Å²) in [6.45, 7) is 0. The number of carbonyl (C=O) groups is 1. The van der Waals surface area contributed by atoms with Crippen LogP contribution in [0.2, 0.25) is 0 Å². The van der Waals surface area contributed by atoms with Crippen molar-refractivity contribution in [3.05, 3.63) is 29.8 Å². The van der Waals surface area contributed by atoms with Gasteiger partial charge in [-0.1, -0.05) is 25.0 Å². The maximum Gasteiger partial charge on any atom is 0.252 e. The average Bonchev–Trinajstić information content (AvgIpc) is 2.80. The van der Waals surface area contributed by atoms with Gasteiger partial charge >= 0.3 is 0 Å². The molecule has 0 atom stereocenters. The molecule has 1 aromatic carbocycles. The molecule has 0 aliphatic heterocycles. The van der Waals surface area contributed by atoms with Gasteiger partial charge in [-0.25, -0.2) is 13.6 Å². The second-order valence-corrected chi connectivity index (χ2v) is 6.03. The fourth-order valence-corrected chi connectivity index (χ4v) is 2.97. The minimum Gasteiger partial charge on any atom is -0.349 e. The molecule has 1 saturated carbocycles. The fraction of sp³-hybridized carbons (Fsp3) is 0.417. The summed E-state index contributed by atoms with van der Waals surface area (Å²) in [4.78, 5) is 11.9. The molecule has 6 heteroatoms. The molecule has 1 amide bonds. The van der Waals surface area contributed by atoms with Crippen LogP contribution in [0.25, 0.3) is 0 Å². The van der Waals surface area contributed by atoms with Gasteiger partial charge in [0.2, 0.25) is 10.0 Å². The Balaban J connectivity index is 2.24. The minimum atomic E-state index is -3.87. The van der Waals surface area contributed by atoms with Gasteiger partial charge in [-0.3, -0.25) is 4.79 Å². The van der Waals surface area contributed by atoms with E-state index in [0.29, 0.717) is 0 Å². The van der Waals surface area contributed by atoms with Crippen molar-refractivity contribution in [2.75, 3.05) is 0 Å². The Morgan fingerprint density at radius 1 is 1.22 bits per heavy atom. The summed E-state index contributed by atoms with van der Waals surface area (Å²) < 4.78 is 22.8. The highest BCUT2D eigenvalue weighted by Crippen LogP contribution is 2.19. The van der Waals surface area contributed by atoms with Crippen molar-refractivity contribution in [2.24, 2.45) is 5.14 Å². The molecule has 18 heavy (non-hydrogen) atoms. The van der Waals surface area contributed by atoms with Crippen molar-refractivity contribution >= 4 is 15.9 Å². The highest BCUT2D eigenvalue weighted by atomic mass is 32.2. The molecule has 1 fully saturated rings. The molecule has 0 saturated heterocycles. The van der Waals surface area contributed by atoms with Gasteiger partial charge in [0, 0.05) is 6.04 Å². The number of hydrogen-bond donors (Lipinski definition) is 2. The Kier molecular flexibility index (Phi) is 3.68. The zero-order valence-electron chi connectivity index (χ0n) is 9.93. The lowest BCUT2D eigenvalue weighted by Gasteiger charge is -2.13. The summed E-state index contributed by atoms with van der Waals surface area (Å²) in [6, 6.07) is 6.14. The number of carbonyl (C=O) groups excluding carboxylic acids is 1. The zero-order valence-corrected chi connectivity index (χ0v) is 10.7. The van der Waals surface area contributed by atoms with Gasteiger partial charge < -0.3 is 5.32 Å². The maximum absolute atomic E-state index is 12.0. The molecule has 1 aliphatic rings. The molecular formula is C12H16N2O3S. The molecule has 1 aromatic rings. The Labute approximate surface area is 106 Å². The average molecular weight is 268 g/mol. The number of sulfonamides is 1. The molecule has 0 aromatic heterocycles. The summed E-state index contributed by atoms with van der Waals surface area (Å²) in [5.41, 5.74) is 0.117. The van der Waals surface area contributed by atoms with E-state index in [1.54, 1.807) is 12.1 Å². The summed E-state index contributed by atoms with van der Waals surface area (Å²) in [6.07, 6.45) is 4.09. The van der Waals surface area contributed by atoms with E-state index in [0.717, 1.165) is 25.7 Å². The molecule has 98 valence electrons. The van der Waals surface area contributed by atoms with Crippen molar-refractivity contribution in [2.45, 2.75) is 36.6 Å². The minimum absolute atomic E-state index is 0.117. The molecule has 0 heterocycles. The Hall–Kier alpha value is -1.40. The molecule has 0 radical (unpaired) electrons. The van der Waals surface area contributed by atoms with E-state index >= 15 is 0 Å². The lowest BCUT2D eigenvalue weighted by atomic mass is 10.2. The number of hydrogen-bond acceptors (Lipinski definition) is 3. The van der Waals surface area contributed by atoms with Crippen molar-refractivity contribution in [3.8, 4) is 0 Å². The smallest absolute Gasteiger partial charge is 0.252 e. The van der Waals surface area contributed by atoms with Crippen molar-refractivity contribution in [1.29, 1.82) is 0 Å². The fourth-order valence-electron chi connectivity index (χ4n) is 2.24. The Bertz CT molecular complexity index is 548. The van der Waals surface area contributed by atoms with Crippen LogP contribution >= 0.6 is 0 Å². The molecular weight excluding hydrogens is 252 g/mol. The van der Waals surface area contributed by atoms with E-state index in [1.807, 2.05) is 0 Å². The van der Waals surface area contributed by atoms with E-state index in [4.69, 9.17) is 5.14 Å². The summed E-state index contributed by atoms with van der Waals surface area (Å²) >= 11 is 0. The van der Waals surface area contributed by atoms with Gasteiger partial charge in [-0.15, -0.1) is 0 Å². The van der Waals surface area contributed by atoms with Crippen molar-refractivity contribution < 1.29 is 13.2 Å². The summed E-state index contributed by atoms with van der Waals surface area (Å²) in [5.74, 6) is -0.369. The quantitative estimate of drug-likeness (QED) is 0.857. The molecule has 0 spiro atoms. The third kappa shape index (κ3) is 2.88. The zero-order chi connectivity index (χ0) is 13.2. The SMILES string of the molecule is NS(=O)(=O)c1ccccc1C(=O)NC1CCCC1. The monoisotopic (exact) mass is 268 g/mol. The van der Waals surface area contributed by atoms with Crippen LogP contribution in [0.15, 0.2) is 29.2 Å². The van der Waals surface area contributed by atoms with Crippen LogP contribution in [-0.4, -0.2) is 20.4 Å². The van der Waals surface area contributed by atoms with Crippen molar-refractivity contribution in [3.63, 3.8) is 0 Å². The van der Waals surface area contributed by atoms with Gasteiger partial charge in [0.25, 0.3) is 5.91 Å². The van der Waals surface area contributed by atoms with E-state index in [2.05, 4.69) is 5.32 Å². The van der Waals surface area contributed by atoms with Crippen LogP contribution in [0.5, 0.6) is 0 Å². The van der Waals surface area contributed by atoms with Gasteiger partial charge in [0.15, 0.2) is 0 Å². The van der Waals surface area contributed by atoms with E-state index < -0.39 is 10.0 Å². The van der Waals surface area contributed by atoms with Crippen LogP contribution in [0, 0.1) is 0 Å². The Morgan fingerprint density at radius 3 is 2.44 bits per heavy atom. The lowest BCUT2D eigenvalue weighted by Crippen LogP contribution is -2.33. The van der Waals surface area contributed by atoms with Gasteiger partial charge in [0.05, 0.1) is 10.5 Å². The number of nitrogens with one attached hydrogen (secondary N) is 1. The largest absolute Gasteiger partial charge is 0.349 e. The first-order valence-corrected chi connectivity index (χ1v) is 7.46. The standard InChI is InChI=1S/C12H16N2O3S/c13-18(16,17)11-8-4-3-7-10(11)12(15)14-9-5-1-2-6-9/h3-4,7-9H,1-2,5-6H2,(H,14,15)(H2,13,16,17). The topological polar surface area (TPSA) is 89.3 Å². The molecule has 5 nitrogen and oxygen atoms in total. The molecule has 2 rings (SSSR count). The molecule has 0 unspecified atom stereocenters. The molecule has 1 aliphatic carbocycles. The van der Waals surface area contributed by atoms with Crippen LogP contribution in [0.1, 0.15) is 36.0 Å². The maximum atomic E-state index is 12.0. The third-order valence-electron chi connectivity index (χ3n) is 3.13. The number of amides is 1. The predicted octanol–water partition coefficient (Wildman–Crippen LogP) is 1.01. The molecule has 0 bridgehead atoms. The van der Waals surface area contributed by atoms with Crippen LogP contribution < -0.4 is 10.5 Å². The highest BCUT2D eigenvalue weighted by molar-refractivity contribution is 7.89. The lowest BCUT2D eigenvalue weighted by molar-refractivity contribution is 0.0934. The van der Waals surface area contributed by atoms with Crippen LogP contribution in [0.3, 0.4) is 0 Å². The van der Waals surface area contributed by atoms with Crippen LogP contribution in [0.4, 0.5) is 0 Å². The van der Waals surface area contributed by atoms with E-state index in [-0.39, 0.29) is 22.4 Å². The summed E-state index contributed by atoms with van der Waals surface area (Å²) in [7, 11) is -3.87. The van der Waals surface area contributed by atoms with Gasteiger partial charge in [0.1, 0.15) is 0 Å². The number of rotatable bonds is 3. The third-order valence-corrected chi connectivity index (χ3v) is 4.10. The number of benzene rings is 1. The first-order chi connectivity index (χ1) is 8.48. The second-order valence-electron chi connectivity index (χ2n) is 4.50. The van der Waals surface area contributed by atoms with E-state index in [9.17, 15) is 13.2 Å². The van der Waals surface area contributed by atoms with Crippen LogP contribution in [-0.2, 0) is 10.0 Å². The second kappa shape index (κ2) is 5.07.